The lowest BCUT2D eigenvalue weighted by Gasteiger charge is -2.13. The molecule has 0 fully saturated rings. The fourth-order valence-electron chi connectivity index (χ4n) is 3.16. The Labute approximate surface area is 207 Å². The van der Waals surface area contributed by atoms with E-state index in [1.54, 1.807) is 24.3 Å². The first-order valence-electron chi connectivity index (χ1n) is 10.9. The molecule has 1 N–H and O–H groups in total. The van der Waals surface area contributed by atoms with Crippen LogP contribution in [0.5, 0.6) is 11.5 Å². The van der Waals surface area contributed by atoms with E-state index in [1.165, 1.54) is 17.8 Å². The van der Waals surface area contributed by atoms with Crippen molar-refractivity contribution in [3.63, 3.8) is 0 Å². The summed E-state index contributed by atoms with van der Waals surface area (Å²) in [6, 6.07) is 24.3. The number of ether oxygens (including phenoxy) is 2. The van der Waals surface area contributed by atoms with Crippen molar-refractivity contribution in [1.82, 2.24) is 5.32 Å². The second-order valence-corrected chi connectivity index (χ2v) is 8.91. The number of hydrogen-bond acceptors (Lipinski definition) is 6. The number of nitrogens with one attached hydrogen (secondary N) is 1. The van der Waals surface area contributed by atoms with Crippen molar-refractivity contribution in [2.24, 2.45) is 0 Å². The lowest BCUT2D eigenvalue weighted by Crippen LogP contribution is -2.33. The molecule has 0 heterocycles. The number of benzene rings is 3. The molecule has 7 heteroatoms. The topological polar surface area (TPSA) is 81.7 Å². The van der Waals surface area contributed by atoms with Gasteiger partial charge in [-0.2, -0.15) is 0 Å². The zero-order chi connectivity index (χ0) is 24.6. The maximum Gasteiger partial charge on any atom is 0.262 e. The van der Waals surface area contributed by atoms with Crippen LogP contribution < -0.4 is 14.8 Å². The van der Waals surface area contributed by atoms with Gasteiger partial charge in [-0.1, -0.05) is 59.8 Å². The van der Waals surface area contributed by atoms with E-state index in [-0.39, 0.29) is 18.1 Å². The maximum atomic E-state index is 12.4. The molecule has 0 aliphatic heterocycles. The van der Waals surface area contributed by atoms with Crippen LogP contribution in [0.15, 0.2) is 107 Å². The molecule has 0 saturated heterocycles. The van der Waals surface area contributed by atoms with Crippen LogP contribution in [-0.2, 0) is 21.0 Å². The summed E-state index contributed by atoms with van der Waals surface area (Å²) in [4.78, 5) is 38.3. The molecule has 0 spiro atoms. The van der Waals surface area contributed by atoms with Gasteiger partial charge in [0, 0.05) is 17.0 Å². The van der Waals surface area contributed by atoms with Gasteiger partial charge in [-0.25, -0.2) is 0 Å². The van der Waals surface area contributed by atoms with E-state index in [1.807, 2.05) is 61.5 Å². The SMILES string of the molecule is Cc1ccc(SC2=CC(=O)C(NC(=O)COc3ccc(OCc4ccccc4)cc3)=CC2=O)cc1. The third kappa shape index (κ3) is 6.94. The molecule has 0 atom stereocenters. The largest absolute Gasteiger partial charge is 0.489 e. The van der Waals surface area contributed by atoms with E-state index >= 15 is 0 Å². The minimum atomic E-state index is -0.537. The number of thioether (sulfide) groups is 1. The van der Waals surface area contributed by atoms with E-state index in [0.717, 1.165) is 22.1 Å². The molecule has 1 aliphatic rings. The summed E-state index contributed by atoms with van der Waals surface area (Å²) in [5, 5.41) is 2.46. The molecule has 1 amide bonds. The Hall–Kier alpha value is -4.10. The first-order valence-corrected chi connectivity index (χ1v) is 11.7. The van der Waals surface area contributed by atoms with Crippen molar-refractivity contribution in [1.29, 1.82) is 0 Å². The average Bonchev–Trinajstić information content (AvgIpc) is 2.87. The van der Waals surface area contributed by atoms with Gasteiger partial charge in [0.2, 0.25) is 5.78 Å². The molecule has 3 aromatic rings. The number of carbonyl (C=O) groups excluding carboxylic acids is 3. The Balaban J connectivity index is 1.25. The lowest BCUT2D eigenvalue weighted by atomic mass is 10.1. The van der Waals surface area contributed by atoms with E-state index in [4.69, 9.17) is 9.47 Å². The highest BCUT2D eigenvalue weighted by molar-refractivity contribution is 8.04. The van der Waals surface area contributed by atoms with Crippen molar-refractivity contribution >= 4 is 29.2 Å². The Morgan fingerprint density at radius 2 is 1.46 bits per heavy atom. The van der Waals surface area contributed by atoms with Crippen molar-refractivity contribution in [2.75, 3.05) is 6.61 Å². The van der Waals surface area contributed by atoms with Gasteiger partial charge in [0.05, 0.1) is 10.6 Å². The number of amides is 1. The highest BCUT2D eigenvalue weighted by atomic mass is 32.2. The van der Waals surface area contributed by atoms with Gasteiger partial charge >= 0.3 is 0 Å². The van der Waals surface area contributed by atoms with E-state index in [9.17, 15) is 14.4 Å². The smallest absolute Gasteiger partial charge is 0.262 e. The monoisotopic (exact) mass is 485 g/mol. The predicted octanol–water partition coefficient (Wildman–Crippen LogP) is 4.78. The molecule has 35 heavy (non-hydrogen) atoms. The summed E-state index contributed by atoms with van der Waals surface area (Å²) in [5.41, 5.74) is 2.10. The van der Waals surface area contributed by atoms with Crippen LogP contribution >= 0.6 is 11.8 Å². The second kappa shape index (κ2) is 11.4. The van der Waals surface area contributed by atoms with Gasteiger partial charge in [0.15, 0.2) is 12.4 Å². The van der Waals surface area contributed by atoms with Crippen molar-refractivity contribution in [3.05, 3.63) is 113 Å². The minimum absolute atomic E-state index is 0.0680. The molecule has 3 aromatic carbocycles. The zero-order valence-corrected chi connectivity index (χ0v) is 19.8. The molecule has 6 nitrogen and oxygen atoms in total. The quantitative estimate of drug-likeness (QED) is 0.439. The first kappa shape index (κ1) is 24.0. The van der Waals surface area contributed by atoms with Crippen LogP contribution in [0.25, 0.3) is 0 Å². The Morgan fingerprint density at radius 3 is 2.14 bits per heavy atom. The van der Waals surface area contributed by atoms with E-state index in [0.29, 0.717) is 23.0 Å². The molecule has 4 rings (SSSR count). The molecule has 0 bridgehead atoms. The van der Waals surface area contributed by atoms with Crippen LogP contribution in [0.1, 0.15) is 11.1 Å². The average molecular weight is 486 g/mol. The van der Waals surface area contributed by atoms with Gasteiger partial charge in [-0.3, -0.25) is 14.4 Å². The number of hydrogen-bond donors (Lipinski definition) is 1. The van der Waals surface area contributed by atoms with Crippen LogP contribution in [0.3, 0.4) is 0 Å². The highest BCUT2D eigenvalue weighted by Crippen LogP contribution is 2.30. The summed E-state index contributed by atoms with van der Waals surface area (Å²) in [7, 11) is 0. The summed E-state index contributed by atoms with van der Waals surface area (Å²) < 4.78 is 11.2. The standard InChI is InChI=1S/C28H23NO5S/c1-19-7-13-23(14-8-19)35-27-16-25(30)24(15-26(27)31)29-28(32)18-34-22-11-9-21(10-12-22)33-17-20-5-3-2-4-6-20/h2-16H,17-18H2,1H3,(H,29,32). The fraction of sp³-hybridized carbons (Fsp3) is 0.107. The van der Waals surface area contributed by atoms with Gasteiger partial charge in [0.1, 0.15) is 18.1 Å². The molecular weight excluding hydrogens is 462 g/mol. The Bertz CT molecular complexity index is 1280. The van der Waals surface area contributed by atoms with Crippen molar-refractivity contribution < 1.29 is 23.9 Å². The number of carbonyl (C=O) groups is 3. The fourth-order valence-corrected chi connectivity index (χ4v) is 4.01. The number of rotatable bonds is 9. The summed E-state index contributed by atoms with van der Waals surface area (Å²) in [6.45, 7) is 2.11. The molecule has 1 aliphatic carbocycles. The van der Waals surface area contributed by atoms with Crippen LogP contribution in [-0.4, -0.2) is 24.1 Å². The van der Waals surface area contributed by atoms with E-state index < -0.39 is 11.7 Å². The molecule has 0 saturated carbocycles. The number of aryl methyl sites for hydroxylation is 1. The zero-order valence-electron chi connectivity index (χ0n) is 19.0. The van der Waals surface area contributed by atoms with Crippen LogP contribution in [0, 0.1) is 6.92 Å². The summed E-state index contributed by atoms with van der Waals surface area (Å²) in [5.74, 6) is -0.160. The minimum Gasteiger partial charge on any atom is -0.489 e. The summed E-state index contributed by atoms with van der Waals surface area (Å²) in [6.07, 6.45) is 2.40. The molecule has 0 aromatic heterocycles. The molecule has 0 unspecified atom stereocenters. The number of ketones is 2. The predicted molar refractivity (Wildman–Crippen MR) is 134 cm³/mol. The number of allylic oxidation sites excluding steroid dienone is 3. The summed E-state index contributed by atoms with van der Waals surface area (Å²) >= 11 is 1.22. The third-order valence-electron chi connectivity index (χ3n) is 5.01. The second-order valence-electron chi connectivity index (χ2n) is 7.79. The van der Waals surface area contributed by atoms with Gasteiger partial charge < -0.3 is 14.8 Å². The third-order valence-corrected chi connectivity index (χ3v) is 6.06. The highest BCUT2D eigenvalue weighted by Gasteiger charge is 2.22. The van der Waals surface area contributed by atoms with Crippen LogP contribution in [0.4, 0.5) is 0 Å². The maximum absolute atomic E-state index is 12.4. The van der Waals surface area contributed by atoms with Crippen LogP contribution in [0.2, 0.25) is 0 Å². The van der Waals surface area contributed by atoms with Crippen molar-refractivity contribution in [3.8, 4) is 11.5 Å². The van der Waals surface area contributed by atoms with Gasteiger partial charge in [-0.15, -0.1) is 0 Å². The van der Waals surface area contributed by atoms with E-state index in [2.05, 4.69) is 5.32 Å². The Kier molecular flexibility index (Phi) is 7.80. The molecule has 176 valence electrons. The van der Waals surface area contributed by atoms with Crippen molar-refractivity contribution in [2.45, 2.75) is 18.4 Å². The lowest BCUT2D eigenvalue weighted by molar-refractivity contribution is -0.124. The normalized spacial score (nSPS) is 13.1. The van der Waals surface area contributed by atoms with Gasteiger partial charge in [0.25, 0.3) is 5.91 Å². The molecule has 0 radical (unpaired) electrons. The Morgan fingerprint density at radius 1 is 0.800 bits per heavy atom. The molecular formula is C28H23NO5S. The first-order chi connectivity index (χ1) is 17.0. The van der Waals surface area contributed by atoms with Gasteiger partial charge in [-0.05, 0) is 48.9 Å².